The number of carbonyl (C=O) groups excluding carboxylic acids is 1. The SMILES string of the molecule is CN1CCCCc2c(n(CC(=O)O)c3ccccc23)C1=O. The van der Waals surface area contributed by atoms with E-state index in [1.807, 2.05) is 24.3 Å². The van der Waals surface area contributed by atoms with E-state index in [0.717, 1.165) is 35.7 Å². The van der Waals surface area contributed by atoms with E-state index in [9.17, 15) is 14.7 Å². The van der Waals surface area contributed by atoms with Gasteiger partial charge in [0.2, 0.25) is 0 Å². The molecule has 5 heteroatoms. The Morgan fingerprint density at radius 1 is 1.29 bits per heavy atom. The minimum atomic E-state index is -0.934. The van der Waals surface area contributed by atoms with Gasteiger partial charge in [0.05, 0.1) is 0 Å². The molecule has 0 saturated carbocycles. The lowest BCUT2D eigenvalue weighted by atomic mass is 10.0. The van der Waals surface area contributed by atoms with Crippen LogP contribution in [-0.4, -0.2) is 40.0 Å². The molecule has 0 atom stereocenters. The third kappa shape index (κ3) is 2.28. The molecule has 1 aromatic carbocycles. The first-order valence-electron chi connectivity index (χ1n) is 7.17. The Hall–Kier alpha value is -2.30. The molecule has 1 aliphatic heterocycles. The summed E-state index contributed by atoms with van der Waals surface area (Å²) in [6, 6.07) is 7.67. The van der Waals surface area contributed by atoms with E-state index in [1.54, 1.807) is 16.5 Å². The van der Waals surface area contributed by atoms with Crippen LogP contribution in [0.1, 0.15) is 28.9 Å². The maximum Gasteiger partial charge on any atom is 0.323 e. The van der Waals surface area contributed by atoms with E-state index < -0.39 is 5.97 Å². The maximum atomic E-state index is 12.7. The molecule has 0 aliphatic carbocycles. The first-order chi connectivity index (χ1) is 10.1. The number of para-hydroxylation sites is 1. The smallest absolute Gasteiger partial charge is 0.323 e. The number of amides is 1. The van der Waals surface area contributed by atoms with Gasteiger partial charge in [0.25, 0.3) is 5.91 Å². The minimum absolute atomic E-state index is 0.0813. The fourth-order valence-corrected chi connectivity index (χ4v) is 3.11. The molecule has 110 valence electrons. The third-order valence-electron chi connectivity index (χ3n) is 4.09. The van der Waals surface area contributed by atoms with Gasteiger partial charge in [0, 0.05) is 24.5 Å². The van der Waals surface area contributed by atoms with Gasteiger partial charge in [-0.25, -0.2) is 0 Å². The zero-order chi connectivity index (χ0) is 15.0. The number of rotatable bonds is 2. The van der Waals surface area contributed by atoms with Crippen molar-refractivity contribution >= 4 is 22.8 Å². The van der Waals surface area contributed by atoms with Crippen molar-refractivity contribution in [2.45, 2.75) is 25.8 Å². The predicted molar refractivity (Wildman–Crippen MR) is 79.5 cm³/mol. The number of nitrogens with zero attached hydrogens (tertiary/aromatic N) is 2. The van der Waals surface area contributed by atoms with E-state index >= 15 is 0 Å². The first kappa shape index (κ1) is 13.7. The lowest BCUT2D eigenvalue weighted by Gasteiger charge is -2.21. The van der Waals surface area contributed by atoms with E-state index in [0.29, 0.717) is 12.2 Å². The Morgan fingerprint density at radius 3 is 2.81 bits per heavy atom. The quantitative estimate of drug-likeness (QED) is 0.920. The van der Waals surface area contributed by atoms with Crippen molar-refractivity contribution in [3.63, 3.8) is 0 Å². The number of carboxylic acids is 1. The zero-order valence-corrected chi connectivity index (χ0v) is 12.0. The van der Waals surface area contributed by atoms with Crippen LogP contribution in [0.15, 0.2) is 24.3 Å². The number of benzene rings is 1. The second-order valence-electron chi connectivity index (χ2n) is 5.51. The highest BCUT2D eigenvalue weighted by molar-refractivity contribution is 6.02. The molecule has 0 fully saturated rings. The Balaban J connectivity index is 2.30. The predicted octanol–water partition coefficient (Wildman–Crippen LogP) is 2.13. The number of fused-ring (bicyclic) bond motifs is 3. The van der Waals surface area contributed by atoms with Gasteiger partial charge in [0.15, 0.2) is 0 Å². The van der Waals surface area contributed by atoms with Crippen molar-refractivity contribution < 1.29 is 14.7 Å². The van der Waals surface area contributed by atoms with Gasteiger partial charge in [-0.2, -0.15) is 0 Å². The molecule has 1 amide bonds. The molecule has 0 saturated heterocycles. The van der Waals surface area contributed by atoms with Crippen LogP contribution in [0.25, 0.3) is 10.9 Å². The number of aromatic nitrogens is 1. The van der Waals surface area contributed by atoms with Crippen LogP contribution in [0.4, 0.5) is 0 Å². The van der Waals surface area contributed by atoms with Gasteiger partial charge < -0.3 is 14.6 Å². The van der Waals surface area contributed by atoms with E-state index in [1.165, 1.54) is 0 Å². The van der Waals surface area contributed by atoms with E-state index in [2.05, 4.69) is 0 Å². The fourth-order valence-electron chi connectivity index (χ4n) is 3.11. The summed E-state index contributed by atoms with van der Waals surface area (Å²) in [5.41, 5.74) is 2.36. The Labute approximate surface area is 122 Å². The van der Waals surface area contributed by atoms with Gasteiger partial charge >= 0.3 is 5.97 Å². The summed E-state index contributed by atoms with van der Waals surface area (Å²) < 4.78 is 1.65. The van der Waals surface area contributed by atoms with Crippen molar-refractivity contribution in [1.82, 2.24) is 9.47 Å². The number of hydrogen-bond donors (Lipinski definition) is 1. The van der Waals surface area contributed by atoms with Crippen molar-refractivity contribution in [1.29, 1.82) is 0 Å². The summed E-state index contributed by atoms with van der Waals surface area (Å²) in [5.74, 6) is -1.02. The van der Waals surface area contributed by atoms with Gasteiger partial charge in [-0.3, -0.25) is 9.59 Å². The van der Waals surface area contributed by atoms with Crippen LogP contribution in [0, 0.1) is 0 Å². The summed E-state index contributed by atoms with van der Waals surface area (Å²) in [6.07, 6.45) is 2.80. The summed E-state index contributed by atoms with van der Waals surface area (Å²) in [6.45, 7) is 0.530. The molecule has 0 bridgehead atoms. The number of hydrogen-bond acceptors (Lipinski definition) is 2. The summed E-state index contributed by atoms with van der Waals surface area (Å²) in [5, 5.41) is 10.2. The van der Waals surface area contributed by atoms with Crippen LogP contribution in [0.5, 0.6) is 0 Å². The van der Waals surface area contributed by atoms with Crippen molar-refractivity contribution in [3.05, 3.63) is 35.5 Å². The first-order valence-corrected chi connectivity index (χ1v) is 7.17. The number of aliphatic carboxylic acids is 1. The van der Waals surface area contributed by atoms with Crippen LogP contribution in [0.2, 0.25) is 0 Å². The Morgan fingerprint density at radius 2 is 2.05 bits per heavy atom. The fraction of sp³-hybridized carbons (Fsp3) is 0.375. The van der Waals surface area contributed by atoms with Crippen molar-refractivity contribution in [2.75, 3.05) is 13.6 Å². The molecule has 0 unspecified atom stereocenters. The van der Waals surface area contributed by atoms with E-state index in [4.69, 9.17) is 0 Å². The molecule has 1 aromatic heterocycles. The highest BCUT2D eigenvalue weighted by atomic mass is 16.4. The van der Waals surface area contributed by atoms with Crippen molar-refractivity contribution in [2.24, 2.45) is 0 Å². The van der Waals surface area contributed by atoms with Gasteiger partial charge in [-0.1, -0.05) is 18.2 Å². The molecule has 0 radical (unpaired) electrons. The second kappa shape index (κ2) is 5.24. The standard InChI is InChI=1S/C16H18N2O3/c1-17-9-5-4-7-12-11-6-2-3-8-13(11)18(10-14(19)20)15(12)16(17)21/h2-3,6,8H,4-5,7,9-10H2,1H3,(H,19,20). The normalized spacial score (nSPS) is 15.7. The van der Waals surface area contributed by atoms with Gasteiger partial charge in [-0.15, -0.1) is 0 Å². The number of carboxylic acid groups (broad SMARTS) is 1. The average molecular weight is 286 g/mol. The monoisotopic (exact) mass is 286 g/mol. The highest BCUT2D eigenvalue weighted by Crippen LogP contribution is 2.30. The molecule has 2 heterocycles. The van der Waals surface area contributed by atoms with Crippen LogP contribution < -0.4 is 0 Å². The zero-order valence-electron chi connectivity index (χ0n) is 12.0. The summed E-state index contributed by atoms with van der Waals surface area (Å²) in [7, 11) is 1.78. The van der Waals surface area contributed by atoms with Crippen molar-refractivity contribution in [3.8, 4) is 0 Å². The molecule has 2 aromatic rings. The lowest BCUT2D eigenvalue weighted by Crippen LogP contribution is -2.32. The molecule has 3 rings (SSSR count). The summed E-state index contributed by atoms with van der Waals surface area (Å²) in [4.78, 5) is 25.6. The highest BCUT2D eigenvalue weighted by Gasteiger charge is 2.26. The molecule has 0 spiro atoms. The molecular weight excluding hydrogens is 268 g/mol. The van der Waals surface area contributed by atoms with Crippen LogP contribution in [-0.2, 0) is 17.8 Å². The molecule has 5 nitrogen and oxygen atoms in total. The maximum absolute atomic E-state index is 12.7. The molecule has 1 N–H and O–H groups in total. The number of aryl methyl sites for hydroxylation is 1. The van der Waals surface area contributed by atoms with Crippen LogP contribution >= 0.6 is 0 Å². The largest absolute Gasteiger partial charge is 0.480 e. The second-order valence-corrected chi connectivity index (χ2v) is 5.51. The van der Waals surface area contributed by atoms with E-state index in [-0.39, 0.29) is 12.5 Å². The topological polar surface area (TPSA) is 62.5 Å². The molecule has 21 heavy (non-hydrogen) atoms. The minimum Gasteiger partial charge on any atom is -0.480 e. The summed E-state index contributed by atoms with van der Waals surface area (Å²) >= 11 is 0. The van der Waals surface area contributed by atoms with Gasteiger partial charge in [0.1, 0.15) is 12.2 Å². The Kier molecular flexibility index (Phi) is 3.41. The average Bonchev–Trinajstić information content (AvgIpc) is 2.74. The van der Waals surface area contributed by atoms with Crippen LogP contribution in [0.3, 0.4) is 0 Å². The lowest BCUT2D eigenvalue weighted by molar-refractivity contribution is -0.137. The molecular formula is C16H18N2O3. The Bertz CT molecular complexity index is 718. The van der Waals surface area contributed by atoms with Gasteiger partial charge in [-0.05, 0) is 30.9 Å². The molecule has 1 aliphatic rings. The number of carbonyl (C=O) groups is 2. The third-order valence-corrected chi connectivity index (χ3v) is 4.09.